The van der Waals surface area contributed by atoms with Crippen LogP contribution >= 0.6 is 30.5 Å². The minimum absolute atomic E-state index is 0.0806. The summed E-state index contributed by atoms with van der Waals surface area (Å²) in [5, 5.41) is 8.82. The zero-order valence-electron chi connectivity index (χ0n) is 7.00. The maximum atomic E-state index is 10.7. The van der Waals surface area contributed by atoms with Crippen LogP contribution in [0.2, 0.25) is 0 Å². The first-order valence-corrected chi connectivity index (χ1v) is 8.03. The second kappa shape index (κ2) is 4.76. The molecule has 0 spiro atoms. The monoisotopic (exact) mass is 313 g/mol. The Balaban J connectivity index is 3.12. The number of halogens is 2. The van der Waals surface area contributed by atoms with Gasteiger partial charge in [0.2, 0.25) is 0 Å². The molecule has 0 saturated heterocycles. The third kappa shape index (κ3) is 2.80. The fourth-order valence-corrected chi connectivity index (χ4v) is 3.64. The summed E-state index contributed by atoms with van der Waals surface area (Å²) in [6.45, 7) is 2.07. The van der Waals surface area contributed by atoms with Crippen molar-refractivity contribution >= 4 is 49.8 Å². The Hall–Kier alpha value is -0.360. The van der Waals surface area contributed by atoms with Gasteiger partial charge in [0.15, 0.2) is 0 Å². The van der Waals surface area contributed by atoms with Crippen molar-refractivity contribution in [1.82, 2.24) is 0 Å². The standard InChI is InChI=1S/C8H9ClINO2/c1-2-10-4-3-6(8(12)13)7(9)11-5-10/h3-5H,2H2,1H3,(H,12,13). The number of carboxylic acid groups (broad SMARTS) is 1. The average Bonchev–Trinajstić information content (AvgIpc) is 2.27. The summed E-state index contributed by atoms with van der Waals surface area (Å²) < 4.78 is 4.81. The van der Waals surface area contributed by atoms with Crippen molar-refractivity contribution in [3.8, 4) is 0 Å². The molecule has 1 aliphatic rings. The molecular weight excluding hydrogens is 304 g/mol. The van der Waals surface area contributed by atoms with E-state index in [1.54, 1.807) is 6.08 Å². The van der Waals surface area contributed by atoms with Gasteiger partial charge in [-0.25, -0.2) is 9.79 Å². The number of allylic oxidation sites excluding steroid dienone is 1. The molecule has 0 aromatic rings. The van der Waals surface area contributed by atoms with Gasteiger partial charge in [0.1, 0.15) is 5.17 Å². The summed E-state index contributed by atoms with van der Waals surface area (Å²) in [5.41, 5.74) is 0.0890. The Bertz CT molecular complexity index is 376. The molecule has 0 atom stereocenters. The average molecular weight is 314 g/mol. The number of alkyl halides is 1. The van der Waals surface area contributed by atoms with E-state index in [-0.39, 0.29) is 10.7 Å². The quantitative estimate of drug-likeness (QED) is 0.623. The van der Waals surface area contributed by atoms with Crippen molar-refractivity contribution in [2.45, 2.75) is 6.92 Å². The predicted molar refractivity (Wildman–Crippen MR) is 65.7 cm³/mol. The zero-order chi connectivity index (χ0) is 9.84. The van der Waals surface area contributed by atoms with Crippen LogP contribution < -0.4 is 0 Å². The molecule has 1 aliphatic heterocycles. The highest BCUT2D eigenvalue weighted by molar-refractivity contribution is 14.2. The number of hydrogen-bond acceptors (Lipinski definition) is 2. The first-order chi connectivity index (χ1) is 6.15. The molecule has 1 N–H and O–H groups in total. The maximum Gasteiger partial charge on any atom is 0.338 e. The lowest BCUT2D eigenvalue weighted by atomic mass is 10.3. The molecule has 1 rings (SSSR count). The lowest BCUT2D eigenvalue weighted by Crippen LogP contribution is -2.07. The van der Waals surface area contributed by atoms with E-state index in [0.29, 0.717) is 0 Å². The lowest BCUT2D eigenvalue weighted by Gasteiger charge is -1.93. The summed E-state index contributed by atoms with van der Waals surface area (Å²) in [5.74, 6) is -1.02. The minimum Gasteiger partial charge on any atom is -0.478 e. The van der Waals surface area contributed by atoms with Crippen LogP contribution in [0.15, 0.2) is 16.6 Å². The zero-order valence-corrected chi connectivity index (χ0v) is 9.91. The smallest absolute Gasteiger partial charge is 0.338 e. The SMILES string of the molecule is CCI1=CC=C(C(=O)O)C(Cl)=NC=1. The maximum absolute atomic E-state index is 10.7. The normalized spacial score (nSPS) is 17.7. The van der Waals surface area contributed by atoms with Crippen LogP contribution in [0.25, 0.3) is 0 Å². The Morgan fingerprint density at radius 2 is 2.46 bits per heavy atom. The lowest BCUT2D eigenvalue weighted by molar-refractivity contribution is -0.132. The number of carboxylic acids is 1. The molecule has 0 amide bonds. The van der Waals surface area contributed by atoms with Crippen LogP contribution in [0.5, 0.6) is 0 Å². The van der Waals surface area contributed by atoms with E-state index in [1.165, 1.54) is 0 Å². The van der Waals surface area contributed by atoms with Gasteiger partial charge in [0, 0.05) is 0 Å². The van der Waals surface area contributed by atoms with Crippen molar-refractivity contribution in [3.63, 3.8) is 0 Å². The Kier molecular flexibility index (Phi) is 3.92. The molecule has 0 aliphatic carbocycles. The van der Waals surface area contributed by atoms with Crippen LogP contribution in [0.3, 0.4) is 0 Å². The molecule has 72 valence electrons. The van der Waals surface area contributed by atoms with E-state index >= 15 is 0 Å². The summed E-state index contributed by atoms with van der Waals surface area (Å²) in [4.78, 5) is 14.6. The van der Waals surface area contributed by atoms with E-state index in [9.17, 15) is 4.79 Å². The highest BCUT2D eigenvalue weighted by atomic mass is 127. The molecule has 0 aromatic carbocycles. The van der Waals surface area contributed by atoms with Crippen molar-refractivity contribution in [2.75, 3.05) is 4.43 Å². The van der Waals surface area contributed by atoms with Crippen LogP contribution in [0, 0.1) is 0 Å². The van der Waals surface area contributed by atoms with E-state index < -0.39 is 24.8 Å². The van der Waals surface area contributed by atoms with Gasteiger partial charge in [-0.3, -0.25) is 0 Å². The number of hydrogen-bond donors (Lipinski definition) is 1. The second-order valence-corrected chi connectivity index (χ2v) is 7.87. The van der Waals surface area contributed by atoms with E-state index in [0.717, 1.165) is 4.43 Å². The molecule has 13 heavy (non-hydrogen) atoms. The van der Waals surface area contributed by atoms with Gasteiger partial charge in [0.25, 0.3) is 0 Å². The number of carbonyl (C=O) groups is 1. The molecule has 5 heteroatoms. The van der Waals surface area contributed by atoms with Gasteiger partial charge in [-0.15, -0.1) is 18.9 Å². The molecule has 0 unspecified atom stereocenters. The summed E-state index contributed by atoms with van der Waals surface area (Å²) in [6.07, 6.45) is 1.58. The number of rotatable bonds is 2. The Morgan fingerprint density at radius 3 is 3.00 bits per heavy atom. The summed E-state index contributed by atoms with van der Waals surface area (Å²) in [6, 6.07) is 0. The second-order valence-electron chi connectivity index (χ2n) is 2.23. The van der Waals surface area contributed by atoms with Crippen molar-refractivity contribution < 1.29 is 9.90 Å². The summed E-state index contributed by atoms with van der Waals surface area (Å²) in [7, 11) is 0. The summed E-state index contributed by atoms with van der Waals surface area (Å²) >= 11 is 4.38. The fourth-order valence-electron chi connectivity index (χ4n) is 0.738. The van der Waals surface area contributed by atoms with Gasteiger partial charge in [-0.2, -0.15) is 0 Å². The van der Waals surface area contributed by atoms with Gasteiger partial charge in [-0.1, -0.05) is 18.5 Å². The van der Waals surface area contributed by atoms with Crippen molar-refractivity contribution in [3.05, 3.63) is 11.6 Å². The Labute approximate surface area is 87.5 Å². The van der Waals surface area contributed by atoms with Gasteiger partial charge < -0.3 is 5.11 Å². The first kappa shape index (κ1) is 10.7. The Morgan fingerprint density at radius 1 is 1.77 bits per heavy atom. The topological polar surface area (TPSA) is 49.7 Å². The van der Waals surface area contributed by atoms with E-state index in [4.69, 9.17) is 16.7 Å². The van der Waals surface area contributed by atoms with E-state index in [2.05, 4.69) is 11.9 Å². The van der Waals surface area contributed by atoms with Crippen molar-refractivity contribution in [1.29, 1.82) is 0 Å². The van der Waals surface area contributed by atoms with E-state index in [1.807, 2.05) is 8.15 Å². The van der Waals surface area contributed by atoms with Gasteiger partial charge in [-0.05, 0) is 14.5 Å². The molecule has 3 nitrogen and oxygen atoms in total. The molecule has 1 heterocycles. The molecule has 0 fully saturated rings. The van der Waals surface area contributed by atoms with Gasteiger partial charge in [0.05, 0.1) is 9.71 Å². The van der Waals surface area contributed by atoms with Crippen LogP contribution in [0.4, 0.5) is 0 Å². The predicted octanol–water partition coefficient (Wildman–Crippen LogP) is 1.74. The molecule has 0 saturated carbocycles. The van der Waals surface area contributed by atoms with Crippen LogP contribution in [0.1, 0.15) is 6.92 Å². The van der Waals surface area contributed by atoms with Gasteiger partial charge >= 0.3 is 5.97 Å². The molecule has 0 bridgehead atoms. The van der Waals surface area contributed by atoms with Crippen molar-refractivity contribution in [2.24, 2.45) is 4.99 Å². The third-order valence-electron chi connectivity index (χ3n) is 1.44. The largest absolute Gasteiger partial charge is 0.478 e. The molecular formula is C8H9ClINO2. The fraction of sp³-hybridized carbons (Fsp3) is 0.250. The minimum atomic E-state index is -1.30. The number of aliphatic carboxylic acids is 1. The highest BCUT2D eigenvalue weighted by Crippen LogP contribution is 2.13. The molecule has 0 aromatic heterocycles. The first-order valence-electron chi connectivity index (χ1n) is 3.63. The van der Waals surface area contributed by atoms with Crippen LogP contribution in [-0.4, -0.2) is 28.8 Å². The third-order valence-corrected chi connectivity index (χ3v) is 5.78. The number of nitrogens with zero attached hydrogens (tertiary/aromatic N) is 1. The highest BCUT2D eigenvalue weighted by Gasteiger charge is 2.12. The number of aliphatic imine (C=N–C) groups is 1. The molecule has 0 radical (unpaired) electrons. The van der Waals surface area contributed by atoms with Crippen LogP contribution in [-0.2, 0) is 4.79 Å².